The number of nitrogens with one attached hydrogen (secondary N) is 2. The number of aryl methyl sites for hydroxylation is 2. The van der Waals surface area contributed by atoms with Gasteiger partial charge in [0.2, 0.25) is 11.8 Å². The SMILES string of the molecule is CCCCCN(C(=O)C(CCC(N)=O)NC(=O)OC(C)(C)C)C(C(=O)Nc1c(C)cccc1Cl)c1ccc(CC)cc1. The molecule has 2 unspecified atom stereocenters. The first-order valence-electron chi connectivity index (χ1n) is 14.5. The highest BCUT2D eigenvalue weighted by Gasteiger charge is 2.36. The fourth-order valence-corrected chi connectivity index (χ4v) is 4.75. The lowest BCUT2D eigenvalue weighted by Crippen LogP contribution is -2.52. The van der Waals surface area contributed by atoms with Gasteiger partial charge < -0.3 is 26.0 Å². The first-order chi connectivity index (χ1) is 19.8. The van der Waals surface area contributed by atoms with Crippen LogP contribution in [0.5, 0.6) is 0 Å². The van der Waals surface area contributed by atoms with Crippen LogP contribution in [0.4, 0.5) is 10.5 Å². The monoisotopic (exact) mass is 600 g/mol. The van der Waals surface area contributed by atoms with E-state index in [1.807, 2.05) is 51.1 Å². The average molecular weight is 601 g/mol. The minimum Gasteiger partial charge on any atom is -0.444 e. The molecule has 42 heavy (non-hydrogen) atoms. The van der Waals surface area contributed by atoms with Gasteiger partial charge in [-0.2, -0.15) is 0 Å². The largest absolute Gasteiger partial charge is 0.444 e. The van der Waals surface area contributed by atoms with Gasteiger partial charge in [0.1, 0.15) is 17.7 Å². The molecule has 0 fully saturated rings. The van der Waals surface area contributed by atoms with E-state index in [2.05, 4.69) is 10.6 Å². The van der Waals surface area contributed by atoms with Crippen molar-refractivity contribution in [2.75, 3.05) is 11.9 Å². The second-order valence-electron chi connectivity index (χ2n) is 11.4. The highest BCUT2D eigenvalue weighted by Crippen LogP contribution is 2.30. The number of rotatable bonds is 14. The summed E-state index contributed by atoms with van der Waals surface area (Å²) in [6.07, 6.45) is 2.15. The molecule has 0 aliphatic heterocycles. The molecule has 0 aliphatic rings. The van der Waals surface area contributed by atoms with E-state index < -0.39 is 41.5 Å². The molecule has 0 radical (unpaired) electrons. The zero-order valence-electron chi connectivity index (χ0n) is 25.6. The average Bonchev–Trinajstić information content (AvgIpc) is 2.91. The molecular formula is C32H45ClN4O5. The second-order valence-corrected chi connectivity index (χ2v) is 11.8. The Bertz CT molecular complexity index is 1210. The summed E-state index contributed by atoms with van der Waals surface area (Å²) < 4.78 is 5.40. The maximum Gasteiger partial charge on any atom is 0.408 e. The van der Waals surface area contributed by atoms with Gasteiger partial charge in [0.25, 0.3) is 5.91 Å². The molecule has 0 spiro atoms. The molecule has 0 aromatic heterocycles. The first kappa shape index (κ1) is 34.6. The van der Waals surface area contributed by atoms with Crippen molar-refractivity contribution in [3.63, 3.8) is 0 Å². The fourth-order valence-electron chi connectivity index (χ4n) is 4.48. The number of anilines is 1. The Morgan fingerprint density at radius 2 is 1.69 bits per heavy atom. The van der Waals surface area contributed by atoms with Crippen molar-refractivity contribution in [1.29, 1.82) is 0 Å². The van der Waals surface area contributed by atoms with Gasteiger partial charge in [0, 0.05) is 13.0 Å². The van der Waals surface area contributed by atoms with Gasteiger partial charge in [0.15, 0.2) is 0 Å². The lowest BCUT2D eigenvalue weighted by atomic mass is 9.99. The molecular weight excluding hydrogens is 556 g/mol. The molecule has 0 aliphatic carbocycles. The number of carbonyl (C=O) groups excluding carboxylic acids is 4. The van der Waals surface area contributed by atoms with E-state index in [0.29, 0.717) is 22.7 Å². The van der Waals surface area contributed by atoms with Crippen molar-refractivity contribution in [2.45, 2.75) is 97.8 Å². The molecule has 0 bridgehead atoms. The Hall–Kier alpha value is -3.59. The van der Waals surface area contributed by atoms with Crippen LogP contribution in [0, 0.1) is 6.92 Å². The van der Waals surface area contributed by atoms with Crippen LogP contribution in [0.2, 0.25) is 5.02 Å². The summed E-state index contributed by atoms with van der Waals surface area (Å²) in [5.41, 5.74) is 7.50. The second kappa shape index (κ2) is 16.2. The van der Waals surface area contributed by atoms with E-state index in [4.69, 9.17) is 22.1 Å². The Balaban J connectivity index is 2.60. The van der Waals surface area contributed by atoms with Gasteiger partial charge >= 0.3 is 6.09 Å². The van der Waals surface area contributed by atoms with E-state index >= 15 is 0 Å². The molecule has 0 heterocycles. The summed E-state index contributed by atoms with van der Waals surface area (Å²) in [7, 11) is 0. The molecule has 9 nitrogen and oxygen atoms in total. The van der Waals surface area contributed by atoms with Crippen molar-refractivity contribution in [3.05, 3.63) is 64.2 Å². The van der Waals surface area contributed by atoms with E-state index in [1.54, 1.807) is 32.9 Å². The number of nitrogens with zero attached hydrogens (tertiary/aromatic N) is 1. The number of primary amides is 1. The number of carbonyl (C=O) groups is 4. The molecule has 0 saturated heterocycles. The van der Waals surface area contributed by atoms with Crippen molar-refractivity contribution in [2.24, 2.45) is 5.73 Å². The van der Waals surface area contributed by atoms with Crippen LogP contribution in [-0.4, -0.2) is 46.9 Å². The maximum atomic E-state index is 14.3. The lowest BCUT2D eigenvalue weighted by molar-refractivity contribution is -0.141. The van der Waals surface area contributed by atoms with Crippen molar-refractivity contribution in [1.82, 2.24) is 10.2 Å². The highest BCUT2D eigenvalue weighted by atomic mass is 35.5. The maximum absolute atomic E-state index is 14.3. The quantitative estimate of drug-likeness (QED) is 0.227. The summed E-state index contributed by atoms with van der Waals surface area (Å²) in [6.45, 7) is 11.3. The summed E-state index contributed by atoms with van der Waals surface area (Å²) >= 11 is 6.44. The summed E-state index contributed by atoms with van der Waals surface area (Å²) in [6, 6.07) is 10.6. The number of nitrogens with two attached hydrogens (primary N) is 1. The van der Waals surface area contributed by atoms with Crippen LogP contribution in [0.1, 0.15) is 89.5 Å². The topological polar surface area (TPSA) is 131 Å². The zero-order valence-corrected chi connectivity index (χ0v) is 26.3. The number of ether oxygens (including phenoxy) is 1. The number of hydrogen-bond donors (Lipinski definition) is 3. The minimum atomic E-state index is -1.15. The van der Waals surface area contributed by atoms with E-state index in [1.165, 1.54) is 4.90 Å². The fraction of sp³-hybridized carbons (Fsp3) is 0.500. The number of halogens is 1. The van der Waals surface area contributed by atoms with E-state index in [-0.39, 0.29) is 19.4 Å². The molecule has 2 aromatic rings. The molecule has 4 amide bonds. The lowest BCUT2D eigenvalue weighted by Gasteiger charge is -2.35. The van der Waals surface area contributed by atoms with Crippen molar-refractivity contribution >= 4 is 41.1 Å². The standard InChI is InChI=1S/C32H45ClN4O5/c1-7-9-10-20-37(30(40)25(18-19-26(34)38)35-31(41)42-32(4,5)6)28(23-16-14-22(8-2)15-17-23)29(39)36-27-21(3)12-11-13-24(27)33/h11-17,25,28H,7-10,18-20H2,1-6H3,(H2,34,38)(H,35,41)(H,36,39). The van der Waals surface area contributed by atoms with Crippen molar-refractivity contribution in [3.8, 4) is 0 Å². The van der Waals surface area contributed by atoms with Gasteiger partial charge in [-0.05, 0) is 69.7 Å². The predicted octanol–water partition coefficient (Wildman–Crippen LogP) is 6.07. The first-order valence-corrected chi connectivity index (χ1v) is 14.9. The molecule has 10 heteroatoms. The normalized spacial score (nSPS) is 12.6. The number of unbranched alkanes of at least 4 members (excludes halogenated alkanes) is 2. The summed E-state index contributed by atoms with van der Waals surface area (Å²) in [5.74, 6) is -1.59. The molecule has 2 atom stereocenters. The van der Waals surface area contributed by atoms with Gasteiger partial charge in [-0.15, -0.1) is 0 Å². The summed E-state index contributed by atoms with van der Waals surface area (Å²) in [5, 5.41) is 5.93. The Morgan fingerprint density at radius 1 is 1.02 bits per heavy atom. The number of hydrogen-bond acceptors (Lipinski definition) is 5. The Morgan fingerprint density at radius 3 is 2.24 bits per heavy atom. The van der Waals surface area contributed by atoms with Crippen LogP contribution in [0.3, 0.4) is 0 Å². The van der Waals surface area contributed by atoms with Gasteiger partial charge in [-0.25, -0.2) is 4.79 Å². The van der Waals surface area contributed by atoms with Crippen LogP contribution in [0.15, 0.2) is 42.5 Å². The molecule has 230 valence electrons. The third kappa shape index (κ3) is 10.7. The van der Waals surface area contributed by atoms with Crippen LogP contribution in [0.25, 0.3) is 0 Å². The Labute approximate surface area is 254 Å². The highest BCUT2D eigenvalue weighted by molar-refractivity contribution is 6.34. The third-order valence-corrected chi connectivity index (χ3v) is 7.00. The predicted molar refractivity (Wildman–Crippen MR) is 166 cm³/mol. The minimum absolute atomic E-state index is 0.0512. The van der Waals surface area contributed by atoms with Gasteiger partial charge in [-0.1, -0.05) is 74.7 Å². The van der Waals surface area contributed by atoms with Crippen molar-refractivity contribution < 1.29 is 23.9 Å². The van der Waals surface area contributed by atoms with Gasteiger partial charge in [-0.3, -0.25) is 14.4 Å². The molecule has 0 saturated carbocycles. The van der Waals surface area contributed by atoms with Crippen LogP contribution < -0.4 is 16.4 Å². The third-order valence-electron chi connectivity index (χ3n) is 6.69. The van der Waals surface area contributed by atoms with Gasteiger partial charge in [0.05, 0.1) is 10.7 Å². The molecule has 4 N–H and O–H groups in total. The smallest absolute Gasteiger partial charge is 0.408 e. The van der Waals surface area contributed by atoms with Crippen LogP contribution in [-0.2, 0) is 25.5 Å². The van der Waals surface area contributed by atoms with Crippen LogP contribution >= 0.6 is 11.6 Å². The number of benzene rings is 2. The zero-order chi connectivity index (χ0) is 31.4. The number of alkyl carbamates (subject to hydrolysis) is 1. The molecule has 2 rings (SSSR count). The number of amides is 4. The Kier molecular flexibility index (Phi) is 13.3. The molecule has 2 aromatic carbocycles. The summed E-state index contributed by atoms with van der Waals surface area (Å²) in [4.78, 5) is 54.3. The number of para-hydroxylation sites is 1. The van der Waals surface area contributed by atoms with E-state index in [9.17, 15) is 19.2 Å². The van der Waals surface area contributed by atoms with E-state index in [0.717, 1.165) is 30.4 Å².